The van der Waals surface area contributed by atoms with Crippen molar-refractivity contribution in [1.82, 2.24) is 9.55 Å². The van der Waals surface area contributed by atoms with Gasteiger partial charge in [0, 0.05) is 12.1 Å². The van der Waals surface area contributed by atoms with Crippen LogP contribution in [0.25, 0.3) is 11.0 Å². The molecule has 0 radical (unpaired) electrons. The molecule has 0 aliphatic heterocycles. The number of nitrogens with one attached hydrogen (secondary N) is 1. The van der Waals surface area contributed by atoms with E-state index in [0.717, 1.165) is 29.8 Å². The van der Waals surface area contributed by atoms with Crippen LogP contribution in [-0.4, -0.2) is 9.55 Å². The van der Waals surface area contributed by atoms with Crippen LogP contribution >= 0.6 is 23.8 Å². The number of fused-ring (bicyclic) bond motifs is 1. The van der Waals surface area contributed by atoms with Crippen molar-refractivity contribution in [3.63, 3.8) is 0 Å². The second-order valence-corrected chi connectivity index (χ2v) is 6.12. The summed E-state index contributed by atoms with van der Waals surface area (Å²) in [7, 11) is 0. The first kappa shape index (κ1) is 13.1. The second-order valence-electron chi connectivity index (χ2n) is 5.32. The lowest BCUT2D eigenvalue weighted by Crippen LogP contribution is -2.09. The Labute approximate surface area is 121 Å². The fourth-order valence-electron chi connectivity index (χ4n) is 2.68. The van der Waals surface area contributed by atoms with Crippen molar-refractivity contribution in [1.29, 1.82) is 0 Å². The molecule has 0 bridgehead atoms. The van der Waals surface area contributed by atoms with Crippen molar-refractivity contribution < 1.29 is 4.39 Å². The quantitative estimate of drug-likeness (QED) is 0.765. The zero-order chi connectivity index (χ0) is 13.6. The molecule has 1 heterocycles. The highest BCUT2D eigenvalue weighted by Gasteiger charge is 2.26. The predicted molar refractivity (Wildman–Crippen MR) is 78.8 cm³/mol. The summed E-state index contributed by atoms with van der Waals surface area (Å²) in [6.07, 6.45) is 4.81. The van der Waals surface area contributed by atoms with Gasteiger partial charge in [-0.1, -0.05) is 31.4 Å². The van der Waals surface area contributed by atoms with Gasteiger partial charge in [-0.05, 0) is 37.0 Å². The molecule has 0 amide bonds. The molecule has 1 aliphatic carbocycles. The van der Waals surface area contributed by atoms with Crippen molar-refractivity contribution in [3.8, 4) is 0 Å². The Hall–Kier alpha value is -0.870. The van der Waals surface area contributed by atoms with Gasteiger partial charge in [-0.25, -0.2) is 4.39 Å². The molecule has 3 rings (SSSR count). The molecule has 1 fully saturated rings. The number of benzene rings is 1. The highest BCUT2D eigenvalue weighted by molar-refractivity contribution is 7.71. The van der Waals surface area contributed by atoms with Crippen LogP contribution in [-0.2, 0) is 0 Å². The van der Waals surface area contributed by atoms with E-state index in [0.29, 0.717) is 10.8 Å². The number of imidazole rings is 1. The fourth-order valence-corrected chi connectivity index (χ4v) is 3.19. The number of hydrogen-bond acceptors (Lipinski definition) is 1. The summed E-state index contributed by atoms with van der Waals surface area (Å²) in [5.74, 6) is 0.417. The van der Waals surface area contributed by atoms with Gasteiger partial charge in [0.05, 0.1) is 16.1 Å². The van der Waals surface area contributed by atoms with Gasteiger partial charge in [-0.15, -0.1) is 0 Å². The standard InChI is InChI=1S/C14H16ClFN2S/c1-2-9(5-8-3-4-8)18-13-6-10(15)11(16)7-12(13)17-14(18)19/h6-9H,2-5H2,1H3,(H,17,19). The molecular formula is C14H16ClFN2S. The third kappa shape index (κ3) is 2.43. The molecule has 0 saturated heterocycles. The highest BCUT2D eigenvalue weighted by atomic mass is 35.5. The van der Waals surface area contributed by atoms with Crippen molar-refractivity contribution in [2.45, 2.75) is 38.6 Å². The van der Waals surface area contributed by atoms with Gasteiger partial charge < -0.3 is 9.55 Å². The monoisotopic (exact) mass is 298 g/mol. The molecule has 1 saturated carbocycles. The minimum Gasteiger partial charge on any atom is -0.330 e. The molecule has 1 aromatic heterocycles. The Balaban J connectivity index is 2.12. The van der Waals surface area contributed by atoms with E-state index >= 15 is 0 Å². The summed E-state index contributed by atoms with van der Waals surface area (Å²) >= 11 is 11.3. The Morgan fingerprint density at radius 1 is 1.53 bits per heavy atom. The summed E-state index contributed by atoms with van der Waals surface area (Å²) in [5.41, 5.74) is 1.63. The van der Waals surface area contributed by atoms with E-state index in [1.54, 1.807) is 6.07 Å². The maximum Gasteiger partial charge on any atom is 0.178 e. The number of aromatic nitrogens is 2. The van der Waals surface area contributed by atoms with Crippen molar-refractivity contribution in [2.24, 2.45) is 5.92 Å². The van der Waals surface area contributed by atoms with Gasteiger partial charge in [0.25, 0.3) is 0 Å². The number of H-pyrrole nitrogens is 1. The number of nitrogens with zero attached hydrogens (tertiary/aromatic N) is 1. The van der Waals surface area contributed by atoms with Gasteiger partial charge in [0.2, 0.25) is 0 Å². The zero-order valence-corrected chi connectivity index (χ0v) is 12.3. The maximum atomic E-state index is 13.5. The zero-order valence-electron chi connectivity index (χ0n) is 10.7. The first-order valence-electron chi connectivity index (χ1n) is 6.69. The van der Waals surface area contributed by atoms with E-state index in [9.17, 15) is 4.39 Å². The SMILES string of the molecule is CCC(CC1CC1)n1c(=S)[nH]c2cc(F)c(Cl)cc21. The molecule has 2 nitrogen and oxygen atoms in total. The largest absolute Gasteiger partial charge is 0.330 e. The lowest BCUT2D eigenvalue weighted by molar-refractivity contribution is 0.434. The lowest BCUT2D eigenvalue weighted by Gasteiger charge is -2.17. The van der Waals surface area contributed by atoms with Gasteiger partial charge >= 0.3 is 0 Å². The van der Waals surface area contributed by atoms with E-state index in [-0.39, 0.29) is 5.02 Å². The topological polar surface area (TPSA) is 20.7 Å². The Bertz CT molecular complexity index is 672. The van der Waals surface area contributed by atoms with Crippen LogP contribution in [0.3, 0.4) is 0 Å². The van der Waals surface area contributed by atoms with E-state index in [4.69, 9.17) is 23.8 Å². The van der Waals surface area contributed by atoms with Crippen LogP contribution in [0.15, 0.2) is 12.1 Å². The molecule has 1 aromatic carbocycles. The van der Waals surface area contributed by atoms with Crippen molar-refractivity contribution in [3.05, 3.63) is 27.7 Å². The van der Waals surface area contributed by atoms with Gasteiger partial charge in [0.1, 0.15) is 5.82 Å². The molecule has 19 heavy (non-hydrogen) atoms. The van der Waals surface area contributed by atoms with Gasteiger partial charge in [-0.3, -0.25) is 0 Å². The average molecular weight is 299 g/mol. The summed E-state index contributed by atoms with van der Waals surface area (Å²) in [6.45, 7) is 2.17. The molecule has 0 spiro atoms. The molecule has 102 valence electrons. The van der Waals surface area contributed by atoms with Crippen molar-refractivity contribution >= 4 is 34.9 Å². The molecule has 1 aliphatic rings. The third-order valence-corrected chi connectivity index (χ3v) is 4.49. The summed E-state index contributed by atoms with van der Waals surface area (Å²) < 4.78 is 16.3. The minimum atomic E-state index is -0.409. The van der Waals surface area contributed by atoms with Crippen LogP contribution in [0.5, 0.6) is 0 Å². The Kier molecular flexibility index (Phi) is 3.39. The molecule has 1 N–H and O–H groups in total. The van der Waals surface area contributed by atoms with E-state index < -0.39 is 5.82 Å². The summed E-state index contributed by atoms with van der Waals surface area (Å²) in [4.78, 5) is 3.08. The smallest absolute Gasteiger partial charge is 0.178 e. The van der Waals surface area contributed by atoms with E-state index in [1.807, 2.05) is 0 Å². The van der Waals surface area contributed by atoms with Crippen molar-refractivity contribution in [2.75, 3.05) is 0 Å². The third-order valence-electron chi connectivity index (χ3n) is 3.90. The summed E-state index contributed by atoms with van der Waals surface area (Å²) in [5, 5.41) is 0.150. The predicted octanol–water partition coefficient (Wildman–Crippen LogP) is 5.24. The van der Waals surface area contributed by atoms with E-state index in [2.05, 4.69) is 16.5 Å². The highest BCUT2D eigenvalue weighted by Crippen LogP contribution is 2.39. The van der Waals surface area contributed by atoms with Crippen LogP contribution in [0.1, 0.15) is 38.6 Å². The Morgan fingerprint density at radius 2 is 2.26 bits per heavy atom. The lowest BCUT2D eigenvalue weighted by atomic mass is 10.1. The van der Waals surface area contributed by atoms with Gasteiger partial charge in [0.15, 0.2) is 4.77 Å². The minimum absolute atomic E-state index is 0.150. The Morgan fingerprint density at radius 3 is 2.89 bits per heavy atom. The molecule has 2 aromatic rings. The van der Waals surface area contributed by atoms with Crippen LogP contribution in [0, 0.1) is 16.5 Å². The molecule has 1 unspecified atom stereocenters. The molecule has 1 atom stereocenters. The summed E-state index contributed by atoms with van der Waals surface area (Å²) in [6, 6.07) is 3.47. The van der Waals surface area contributed by atoms with Gasteiger partial charge in [-0.2, -0.15) is 0 Å². The maximum absolute atomic E-state index is 13.5. The molecular weight excluding hydrogens is 283 g/mol. The number of hydrogen-bond donors (Lipinski definition) is 1. The normalized spacial score (nSPS) is 17.0. The van der Waals surface area contributed by atoms with Crippen LogP contribution < -0.4 is 0 Å². The van der Waals surface area contributed by atoms with E-state index in [1.165, 1.54) is 18.9 Å². The average Bonchev–Trinajstić information content (AvgIpc) is 3.13. The molecule has 5 heteroatoms. The van der Waals surface area contributed by atoms with Crippen LogP contribution in [0.4, 0.5) is 4.39 Å². The number of aromatic amines is 1. The first-order chi connectivity index (χ1) is 9.10. The number of halogens is 2. The first-order valence-corrected chi connectivity index (χ1v) is 7.48. The fraction of sp³-hybridized carbons (Fsp3) is 0.500. The van der Waals surface area contributed by atoms with Crippen LogP contribution in [0.2, 0.25) is 5.02 Å². The second kappa shape index (κ2) is 4.91. The number of rotatable bonds is 4.